The van der Waals surface area contributed by atoms with Gasteiger partial charge in [-0.25, -0.2) is 0 Å². The molecule has 1 aromatic rings. The Morgan fingerprint density at radius 2 is 1.77 bits per heavy atom. The molecule has 1 saturated carbocycles. The van der Waals surface area contributed by atoms with Gasteiger partial charge in [-0.2, -0.15) is 0 Å². The van der Waals surface area contributed by atoms with Gasteiger partial charge in [0.15, 0.2) is 11.4 Å². The lowest BCUT2D eigenvalue weighted by molar-refractivity contribution is -0.153. The molecule has 1 unspecified atom stereocenters. The van der Waals surface area contributed by atoms with E-state index in [2.05, 4.69) is 11.8 Å². The summed E-state index contributed by atoms with van der Waals surface area (Å²) in [6, 6.07) is 0.671. The summed E-state index contributed by atoms with van der Waals surface area (Å²) in [6.45, 7) is 6.17. The third-order valence-electron chi connectivity index (χ3n) is 8.15. The summed E-state index contributed by atoms with van der Waals surface area (Å²) < 4.78 is 0. The molecule has 10 nitrogen and oxygen atoms in total. The Hall–Kier alpha value is -3.65. The predicted molar refractivity (Wildman–Crippen MR) is 148 cm³/mol. The molecule has 40 heavy (non-hydrogen) atoms. The molecular weight excluding hydrogens is 514 g/mol. The van der Waals surface area contributed by atoms with Crippen molar-refractivity contribution in [2.24, 2.45) is 17.6 Å². The first-order valence-corrected chi connectivity index (χ1v) is 13.1. The molecule has 0 heterocycles. The lowest BCUT2D eigenvalue weighted by atomic mass is 9.57. The Kier molecular flexibility index (Phi) is 7.16. The largest absolute Gasteiger partial charge is 0.508 e. The molecule has 1 aromatic carbocycles. The number of hydrogen-bond donors (Lipinski definition) is 5. The second-order valence-electron chi connectivity index (χ2n) is 12.4. The quantitative estimate of drug-likeness (QED) is 0.274. The van der Waals surface area contributed by atoms with E-state index in [4.69, 9.17) is 5.73 Å². The number of carbonyl (C=O) groups is 3. The maximum absolute atomic E-state index is 14.1. The second-order valence-corrected chi connectivity index (χ2v) is 12.4. The number of aliphatic hydroxyl groups is 3. The first-order chi connectivity index (χ1) is 18.4. The second kappa shape index (κ2) is 9.77. The number of phenolic OH excluding ortho intramolecular Hbond substituents is 1. The first-order valence-electron chi connectivity index (χ1n) is 13.1. The maximum atomic E-state index is 14.1. The zero-order chi connectivity index (χ0) is 30.1. The van der Waals surface area contributed by atoms with Crippen LogP contribution in [0.2, 0.25) is 0 Å². The lowest BCUT2D eigenvalue weighted by Gasteiger charge is -2.50. The first kappa shape index (κ1) is 29.3. The van der Waals surface area contributed by atoms with Crippen molar-refractivity contribution in [3.05, 3.63) is 45.2 Å². The van der Waals surface area contributed by atoms with Gasteiger partial charge in [0.05, 0.1) is 18.2 Å². The van der Waals surface area contributed by atoms with E-state index in [-0.39, 0.29) is 29.7 Å². The Morgan fingerprint density at radius 1 is 1.15 bits per heavy atom. The fourth-order valence-electron chi connectivity index (χ4n) is 6.29. The number of hydrogen-bond acceptors (Lipinski definition) is 9. The highest BCUT2D eigenvalue weighted by molar-refractivity contribution is 6.24. The van der Waals surface area contributed by atoms with Gasteiger partial charge in [-0.05, 0) is 64.0 Å². The summed E-state index contributed by atoms with van der Waals surface area (Å²) in [5, 5.41) is 45.7. The monoisotopic (exact) mass is 551 g/mol. The molecular formula is C30H37N3O7. The molecule has 0 radical (unpaired) electrons. The van der Waals surface area contributed by atoms with E-state index in [0.717, 1.165) is 0 Å². The van der Waals surface area contributed by atoms with Gasteiger partial charge < -0.3 is 26.2 Å². The molecule has 0 aliphatic heterocycles. The minimum Gasteiger partial charge on any atom is -0.508 e. The standard InChI is InChI=1S/C30H37N3O7/c1-29(2,3)18-12-14(9-8-10-32(4)5)16-11-15-13-17-22(33(6)7)25(36)21(28(31)39)27(38)30(17,40)26(37)19(15)24(35)20(16)23(18)34/h12,15,17,22,34-35,38,40H,10-11,13H2,1-7H3,(H2,31,39)/t15?,17-,22-,30-/m0/s1. The van der Waals surface area contributed by atoms with Crippen molar-refractivity contribution in [1.29, 1.82) is 0 Å². The van der Waals surface area contributed by atoms with E-state index in [0.29, 0.717) is 23.2 Å². The summed E-state index contributed by atoms with van der Waals surface area (Å²) in [5.41, 5.74) is 2.88. The predicted octanol–water partition coefficient (Wildman–Crippen LogP) is 1.17. The van der Waals surface area contributed by atoms with Crippen LogP contribution in [0.25, 0.3) is 5.76 Å². The minimum absolute atomic E-state index is 0.0259. The van der Waals surface area contributed by atoms with Gasteiger partial charge in [0, 0.05) is 22.6 Å². The lowest BCUT2D eigenvalue weighted by Crippen LogP contribution is -2.65. The van der Waals surface area contributed by atoms with Crippen LogP contribution in [-0.4, -0.2) is 94.1 Å². The Labute approximate surface area is 233 Å². The van der Waals surface area contributed by atoms with Crippen molar-refractivity contribution in [2.75, 3.05) is 34.7 Å². The average Bonchev–Trinajstić information content (AvgIpc) is 2.81. The van der Waals surface area contributed by atoms with Crippen LogP contribution in [0.4, 0.5) is 0 Å². The number of aliphatic hydroxyl groups excluding tert-OH is 2. The molecule has 4 rings (SSSR count). The average molecular weight is 552 g/mol. The number of carbonyl (C=O) groups excluding carboxylic acids is 3. The molecule has 3 aliphatic carbocycles. The highest BCUT2D eigenvalue weighted by Gasteiger charge is 2.64. The Morgan fingerprint density at radius 3 is 2.30 bits per heavy atom. The zero-order valence-corrected chi connectivity index (χ0v) is 23.9. The van der Waals surface area contributed by atoms with Crippen molar-refractivity contribution < 1.29 is 34.8 Å². The molecule has 4 atom stereocenters. The van der Waals surface area contributed by atoms with Gasteiger partial charge in [-0.3, -0.25) is 24.2 Å². The number of nitrogens with zero attached hydrogens (tertiary/aromatic N) is 2. The number of amides is 1. The number of fused-ring (bicyclic) bond motifs is 3. The van der Waals surface area contributed by atoms with Crippen LogP contribution in [0.15, 0.2) is 23.0 Å². The number of aromatic hydroxyl groups is 1. The van der Waals surface area contributed by atoms with Crippen LogP contribution in [0.5, 0.6) is 5.75 Å². The van der Waals surface area contributed by atoms with Crippen molar-refractivity contribution in [1.82, 2.24) is 9.80 Å². The molecule has 6 N–H and O–H groups in total. The van der Waals surface area contributed by atoms with E-state index in [1.165, 1.54) is 4.90 Å². The summed E-state index contributed by atoms with van der Waals surface area (Å²) in [5.74, 6) is -0.428. The van der Waals surface area contributed by atoms with E-state index < -0.39 is 63.5 Å². The molecule has 10 heteroatoms. The molecule has 0 bridgehead atoms. The van der Waals surface area contributed by atoms with Crippen LogP contribution >= 0.6 is 0 Å². The fraction of sp³-hybridized carbons (Fsp3) is 0.500. The van der Waals surface area contributed by atoms with Gasteiger partial charge >= 0.3 is 0 Å². The molecule has 1 fully saturated rings. The summed E-state index contributed by atoms with van der Waals surface area (Å²) in [6.07, 6.45) is 0.219. The van der Waals surface area contributed by atoms with E-state index in [1.807, 2.05) is 39.8 Å². The van der Waals surface area contributed by atoms with Gasteiger partial charge in [0.1, 0.15) is 22.8 Å². The summed E-state index contributed by atoms with van der Waals surface area (Å²) in [4.78, 5) is 42.8. The number of Topliss-reactive ketones (excluding diaryl/α,β-unsaturated/α-hetero) is 2. The zero-order valence-electron chi connectivity index (χ0n) is 23.9. The SMILES string of the molecule is CN(C)CC#Cc1cc(C(C)(C)C)c(O)c2c1CC1C[C@H]3[C@H](N(C)C)C(=O)C(C(N)=O)=C(O)[C@@]3(O)C(=O)C1=C2O. The van der Waals surface area contributed by atoms with Crippen molar-refractivity contribution >= 4 is 23.2 Å². The van der Waals surface area contributed by atoms with Crippen molar-refractivity contribution in [3.63, 3.8) is 0 Å². The third kappa shape index (κ3) is 4.29. The molecule has 0 spiro atoms. The van der Waals surface area contributed by atoms with Crippen LogP contribution in [0, 0.1) is 23.7 Å². The Balaban J connectivity index is 2.01. The van der Waals surface area contributed by atoms with Crippen LogP contribution in [0.3, 0.4) is 0 Å². The highest BCUT2D eigenvalue weighted by Crippen LogP contribution is 2.53. The number of likely N-dealkylation sites (N-methyl/N-ethyl adjacent to an activating group) is 1. The van der Waals surface area contributed by atoms with Crippen LogP contribution < -0.4 is 5.73 Å². The maximum Gasteiger partial charge on any atom is 0.255 e. The van der Waals surface area contributed by atoms with Crippen LogP contribution in [-0.2, 0) is 26.2 Å². The van der Waals surface area contributed by atoms with Crippen molar-refractivity contribution in [2.45, 2.75) is 50.7 Å². The number of phenols is 1. The smallest absolute Gasteiger partial charge is 0.255 e. The number of rotatable bonds is 3. The van der Waals surface area contributed by atoms with E-state index >= 15 is 0 Å². The minimum atomic E-state index is -2.67. The highest BCUT2D eigenvalue weighted by atomic mass is 16.3. The fourth-order valence-corrected chi connectivity index (χ4v) is 6.29. The molecule has 0 saturated heterocycles. The topological polar surface area (TPSA) is 165 Å². The molecule has 0 aromatic heterocycles. The van der Waals surface area contributed by atoms with Crippen molar-refractivity contribution in [3.8, 4) is 17.6 Å². The third-order valence-corrected chi connectivity index (χ3v) is 8.15. The van der Waals surface area contributed by atoms with Gasteiger partial charge in [-0.1, -0.05) is 32.6 Å². The Bertz CT molecular complexity index is 1450. The van der Waals surface area contributed by atoms with E-state index in [9.17, 15) is 34.8 Å². The van der Waals surface area contributed by atoms with Gasteiger partial charge in [0.25, 0.3) is 5.91 Å². The number of nitrogens with two attached hydrogens (primary N) is 1. The molecule has 214 valence electrons. The number of ketones is 2. The summed E-state index contributed by atoms with van der Waals surface area (Å²) in [7, 11) is 6.91. The molecule has 3 aliphatic rings. The normalized spacial score (nSPS) is 26.4. The van der Waals surface area contributed by atoms with E-state index in [1.54, 1.807) is 20.2 Å². The van der Waals surface area contributed by atoms with Gasteiger partial charge in [0.2, 0.25) is 5.78 Å². The summed E-state index contributed by atoms with van der Waals surface area (Å²) >= 11 is 0. The number of benzene rings is 1. The van der Waals surface area contributed by atoms with Crippen LogP contribution in [0.1, 0.15) is 49.4 Å². The van der Waals surface area contributed by atoms with Gasteiger partial charge in [-0.15, -0.1) is 0 Å². The number of primary amides is 1. The molecule has 1 amide bonds.